The van der Waals surface area contributed by atoms with Crippen molar-refractivity contribution in [2.24, 2.45) is 17.9 Å². The number of aryl methyl sites for hydroxylation is 1. The Hall–Kier alpha value is -3.23. The van der Waals surface area contributed by atoms with Gasteiger partial charge in [0.15, 0.2) is 17.3 Å². The summed E-state index contributed by atoms with van der Waals surface area (Å²) < 4.78 is 1.31. The van der Waals surface area contributed by atoms with Gasteiger partial charge in [-0.15, -0.1) is 0 Å². The van der Waals surface area contributed by atoms with E-state index in [-0.39, 0.29) is 22.8 Å². The maximum absolute atomic E-state index is 12.1. The average molecular weight is 291 g/mol. The summed E-state index contributed by atoms with van der Waals surface area (Å²) >= 11 is 0. The number of benzene rings is 1. The molecule has 0 unspecified atom stereocenters. The number of nitrogens with one attached hydrogen (secondary N) is 1. The van der Waals surface area contributed by atoms with Crippen LogP contribution in [0.4, 0.5) is 5.82 Å². The van der Waals surface area contributed by atoms with Crippen LogP contribution in [0.5, 0.6) is 11.5 Å². The molecular weight excluding hydrogens is 278 g/mol. The van der Waals surface area contributed by atoms with Crippen molar-refractivity contribution in [3.63, 3.8) is 0 Å². The summed E-state index contributed by atoms with van der Waals surface area (Å²) in [5.41, 5.74) is 5.58. The molecule has 0 fully saturated rings. The van der Waals surface area contributed by atoms with Gasteiger partial charge < -0.3 is 26.5 Å². The lowest BCUT2D eigenvalue weighted by molar-refractivity contribution is 0.102. The first-order chi connectivity index (χ1) is 9.95. The number of aromatic nitrogens is 2. The molecule has 0 aliphatic carbocycles. The number of aromatic hydroxyl groups is 2. The van der Waals surface area contributed by atoms with Gasteiger partial charge in [-0.25, -0.2) is 0 Å². The van der Waals surface area contributed by atoms with Crippen LogP contribution in [0.1, 0.15) is 15.9 Å². The summed E-state index contributed by atoms with van der Waals surface area (Å²) in [5, 5.41) is 37.0. The van der Waals surface area contributed by atoms with Crippen LogP contribution < -0.4 is 11.1 Å². The summed E-state index contributed by atoms with van der Waals surface area (Å²) in [5.74, 6) is -1.68. The number of rotatable bonds is 3. The molecular formula is C12H13N5O4. The molecule has 0 aliphatic rings. The molecule has 1 aromatic heterocycles. The monoisotopic (exact) mass is 291 g/mol. The molecule has 2 rings (SSSR count). The Balaban J connectivity index is 2.37. The number of anilines is 1. The number of oxime groups is 1. The second kappa shape index (κ2) is 5.41. The van der Waals surface area contributed by atoms with Crippen LogP contribution in [0.15, 0.2) is 29.6 Å². The molecule has 1 aromatic carbocycles. The molecule has 0 saturated carbocycles. The number of phenolic OH excluding ortho intramolecular Hbond substituents is 2. The largest absolute Gasteiger partial charge is 0.504 e. The minimum atomic E-state index is -0.681. The lowest BCUT2D eigenvalue weighted by Crippen LogP contribution is -2.20. The highest BCUT2D eigenvalue weighted by molar-refractivity contribution is 6.10. The molecule has 0 aliphatic heterocycles. The number of nitrogens with zero attached hydrogens (tertiary/aromatic N) is 3. The van der Waals surface area contributed by atoms with Gasteiger partial charge in [0.2, 0.25) is 0 Å². The van der Waals surface area contributed by atoms with Crippen LogP contribution in [-0.4, -0.2) is 36.9 Å². The number of phenols is 2. The van der Waals surface area contributed by atoms with E-state index in [2.05, 4.69) is 15.6 Å². The van der Waals surface area contributed by atoms with E-state index in [0.717, 1.165) is 0 Å². The maximum Gasteiger partial charge on any atom is 0.260 e. The molecule has 9 heteroatoms. The van der Waals surface area contributed by atoms with Gasteiger partial charge in [0, 0.05) is 7.05 Å². The van der Waals surface area contributed by atoms with Gasteiger partial charge in [-0.2, -0.15) is 5.10 Å². The number of para-hydroxylation sites is 1. The Morgan fingerprint density at radius 1 is 1.38 bits per heavy atom. The Bertz CT molecular complexity index is 722. The number of carbonyl (C=O) groups is 1. The molecule has 2 aromatic rings. The minimum absolute atomic E-state index is 0.123. The lowest BCUT2D eigenvalue weighted by Gasteiger charge is -2.09. The average Bonchev–Trinajstić information content (AvgIpc) is 2.82. The number of hydrogen-bond donors (Lipinski definition) is 5. The van der Waals surface area contributed by atoms with Crippen LogP contribution >= 0.6 is 0 Å². The lowest BCUT2D eigenvalue weighted by atomic mass is 10.1. The Labute approximate surface area is 118 Å². The third kappa shape index (κ3) is 2.56. The molecule has 0 radical (unpaired) electrons. The molecule has 0 spiro atoms. The molecule has 0 saturated heterocycles. The van der Waals surface area contributed by atoms with Gasteiger partial charge in [-0.05, 0) is 12.1 Å². The van der Waals surface area contributed by atoms with E-state index in [0.29, 0.717) is 0 Å². The molecule has 6 N–H and O–H groups in total. The zero-order valence-electron chi connectivity index (χ0n) is 11.0. The smallest absolute Gasteiger partial charge is 0.260 e. The summed E-state index contributed by atoms with van der Waals surface area (Å²) in [7, 11) is 1.55. The molecule has 0 atom stereocenters. The van der Waals surface area contributed by atoms with Crippen molar-refractivity contribution < 1.29 is 20.2 Å². The van der Waals surface area contributed by atoms with Gasteiger partial charge in [-0.1, -0.05) is 11.2 Å². The zero-order valence-corrected chi connectivity index (χ0v) is 11.0. The highest BCUT2D eigenvalue weighted by Gasteiger charge is 2.19. The Morgan fingerprint density at radius 2 is 2.10 bits per heavy atom. The standard InChI is InChI=1S/C12H13N5O4/c1-17-11(7(5-14-17)10(13)16-21)15-12(20)6-3-2-4-8(18)9(6)19/h2-5,18-19,21H,1H3,(H2,13,16)(H,15,20). The van der Waals surface area contributed by atoms with Crippen molar-refractivity contribution in [2.45, 2.75) is 0 Å². The summed E-state index contributed by atoms with van der Waals surface area (Å²) in [4.78, 5) is 12.1. The Morgan fingerprint density at radius 3 is 2.76 bits per heavy atom. The molecule has 1 heterocycles. The van der Waals surface area contributed by atoms with Crippen molar-refractivity contribution in [2.75, 3.05) is 5.32 Å². The molecule has 1 amide bonds. The highest BCUT2D eigenvalue weighted by atomic mass is 16.4. The third-order valence-electron chi connectivity index (χ3n) is 2.81. The van der Waals surface area contributed by atoms with Crippen molar-refractivity contribution >= 4 is 17.6 Å². The molecule has 110 valence electrons. The number of amidine groups is 1. The van der Waals surface area contributed by atoms with E-state index >= 15 is 0 Å². The Kier molecular flexibility index (Phi) is 3.65. The first-order valence-corrected chi connectivity index (χ1v) is 5.78. The maximum atomic E-state index is 12.1. The van der Waals surface area contributed by atoms with E-state index in [1.807, 2.05) is 0 Å². The van der Waals surface area contributed by atoms with Crippen LogP contribution in [0, 0.1) is 0 Å². The van der Waals surface area contributed by atoms with Crippen LogP contribution in [0.25, 0.3) is 0 Å². The number of carbonyl (C=O) groups excluding carboxylic acids is 1. The van der Waals surface area contributed by atoms with Crippen molar-refractivity contribution in [1.82, 2.24) is 9.78 Å². The zero-order chi connectivity index (χ0) is 15.6. The van der Waals surface area contributed by atoms with E-state index in [9.17, 15) is 15.0 Å². The van der Waals surface area contributed by atoms with Gasteiger partial charge in [-0.3, -0.25) is 9.48 Å². The SMILES string of the molecule is Cn1ncc(/C(N)=N/O)c1NC(=O)c1cccc(O)c1O. The van der Waals surface area contributed by atoms with Crippen LogP contribution in [0.3, 0.4) is 0 Å². The predicted molar refractivity (Wildman–Crippen MR) is 73.4 cm³/mol. The molecule has 9 nitrogen and oxygen atoms in total. The normalized spacial score (nSPS) is 11.4. The van der Waals surface area contributed by atoms with Crippen molar-refractivity contribution in [3.05, 3.63) is 35.5 Å². The summed E-state index contributed by atoms with van der Waals surface area (Å²) in [6, 6.07) is 4.00. The van der Waals surface area contributed by atoms with Crippen molar-refractivity contribution in [1.29, 1.82) is 0 Å². The fraction of sp³-hybridized carbons (Fsp3) is 0.0833. The van der Waals surface area contributed by atoms with Gasteiger partial charge in [0.05, 0.1) is 17.3 Å². The van der Waals surface area contributed by atoms with Crippen LogP contribution in [0.2, 0.25) is 0 Å². The quantitative estimate of drug-likeness (QED) is 0.179. The highest BCUT2D eigenvalue weighted by Crippen LogP contribution is 2.29. The topological polar surface area (TPSA) is 146 Å². The second-order valence-corrected chi connectivity index (χ2v) is 4.14. The van der Waals surface area contributed by atoms with E-state index in [4.69, 9.17) is 10.9 Å². The first kappa shape index (κ1) is 14.2. The fourth-order valence-electron chi connectivity index (χ4n) is 1.72. The third-order valence-corrected chi connectivity index (χ3v) is 2.81. The predicted octanol–water partition coefficient (Wildman–Crippen LogP) is 0.178. The summed E-state index contributed by atoms with van der Waals surface area (Å²) in [6.07, 6.45) is 1.31. The summed E-state index contributed by atoms with van der Waals surface area (Å²) in [6.45, 7) is 0. The minimum Gasteiger partial charge on any atom is -0.504 e. The molecule has 21 heavy (non-hydrogen) atoms. The van der Waals surface area contributed by atoms with E-state index < -0.39 is 17.4 Å². The number of amides is 1. The fourth-order valence-corrected chi connectivity index (χ4v) is 1.72. The van der Waals surface area contributed by atoms with Gasteiger partial charge in [0.25, 0.3) is 5.91 Å². The van der Waals surface area contributed by atoms with Gasteiger partial charge >= 0.3 is 0 Å². The second-order valence-electron chi connectivity index (χ2n) is 4.14. The number of nitrogens with two attached hydrogens (primary N) is 1. The first-order valence-electron chi connectivity index (χ1n) is 5.78. The van der Waals surface area contributed by atoms with Crippen molar-refractivity contribution in [3.8, 4) is 11.5 Å². The van der Waals surface area contributed by atoms with E-state index in [1.165, 1.54) is 29.1 Å². The number of hydrogen-bond acceptors (Lipinski definition) is 6. The molecule has 0 bridgehead atoms. The van der Waals surface area contributed by atoms with E-state index in [1.54, 1.807) is 7.05 Å². The van der Waals surface area contributed by atoms with Gasteiger partial charge in [0.1, 0.15) is 5.82 Å². The van der Waals surface area contributed by atoms with Crippen LogP contribution in [-0.2, 0) is 7.05 Å².